The third kappa shape index (κ3) is 5.51. The van der Waals surface area contributed by atoms with Crippen molar-refractivity contribution in [1.82, 2.24) is 0 Å². The topological polar surface area (TPSA) is 84.9 Å². The first-order chi connectivity index (χ1) is 12.4. The second-order valence-electron chi connectivity index (χ2n) is 6.07. The number of rotatable bonds is 8. The molecule has 2 aromatic rings. The summed E-state index contributed by atoms with van der Waals surface area (Å²) < 4.78 is 10.7. The highest BCUT2D eigenvalue weighted by Crippen LogP contribution is 2.19. The molecule has 2 N–H and O–H groups in total. The molecule has 26 heavy (non-hydrogen) atoms. The van der Waals surface area contributed by atoms with E-state index >= 15 is 0 Å². The van der Waals surface area contributed by atoms with Crippen LogP contribution in [0.4, 0.5) is 5.69 Å². The molecule has 0 fully saturated rings. The van der Waals surface area contributed by atoms with Gasteiger partial charge in [0.1, 0.15) is 11.5 Å². The standard InChI is InChI=1S/C20H23NO5/c1-13(20(23)24)12-15-4-6-16(7-5-15)21-19(22)14(2)26-18-10-8-17(25-3)9-11-18/h4-11,13-14H,12H2,1-3H3,(H,21,22)(H,23,24). The van der Waals surface area contributed by atoms with Crippen molar-refractivity contribution in [3.63, 3.8) is 0 Å². The Balaban J connectivity index is 1.90. The van der Waals surface area contributed by atoms with Gasteiger partial charge in [0.2, 0.25) is 0 Å². The predicted octanol–water partition coefficient (Wildman–Crippen LogP) is 3.36. The summed E-state index contributed by atoms with van der Waals surface area (Å²) in [6, 6.07) is 14.1. The van der Waals surface area contributed by atoms with Gasteiger partial charge in [-0.05, 0) is 55.3 Å². The molecular weight excluding hydrogens is 334 g/mol. The molecule has 1 amide bonds. The van der Waals surface area contributed by atoms with Gasteiger partial charge in [0.05, 0.1) is 13.0 Å². The molecule has 0 radical (unpaired) electrons. The summed E-state index contributed by atoms with van der Waals surface area (Å²) in [5.74, 6) is -0.258. The molecular formula is C20H23NO5. The number of amides is 1. The molecule has 2 unspecified atom stereocenters. The Morgan fingerprint density at radius 1 is 1.00 bits per heavy atom. The van der Waals surface area contributed by atoms with Crippen LogP contribution in [0.3, 0.4) is 0 Å². The number of carboxylic acids is 1. The summed E-state index contributed by atoms with van der Waals surface area (Å²) in [6.07, 6.45) is -0.226. The summed E-state index contributed by atoms with van der Waals surface area (Å²) in [6.45, 7) is 3.33. The minimum absolute atomic E-state index is 0.271. The van der Waals surface area contributed by atoms with Crippen LogP contribution in [-0.4, -0.2) is 30.2 Å². The Morgan fingerprint density at radius 3 is 2.12 bits per heavy atom. The lowest BCUT2D eigenvalue weighted by Gasteiger charge is -2.15. The van der Waals surface area contributed by atoms with Crippen molar-refractivity contribution in [2.75, 3.05) is 12.4 Å². The molecule has 2 rings (SSSR count). The van der Waals surface area contributed by atoms with Gasteiger partial charge in [-0.1, -0.05) is 19.1 Å². The predicted molar refractivity (Wildman–Crippen MR) is 98.7 cm³/mol. The lowest BCUT2D eigenvalue weighted by Crippen LogP contribution is -2.30. The molecule has 0 bridgehead atoms. The highest BCUT2D eigenvalue weighted by molar-refractivity contribution is 5.94. The number of ether oxygens (including phenoxy) is 2. The van der Waals surface area contributed by atoms with Gasteiger partial charge in [-0.15, -0.1) is 0 Å². The quantitative estimate of drug-likeness (QED) is 0.757. The van der Waals surface area contributed by atoms with Gasteiger partial charge in [0, 0.05) is 5.69 Å². The summed E-state index contributed by atoms with van der Waals surface area (Å²) in [4.78, 5) is 23.2. The fraction of sp³-hybridized carbons (Fsp3) is 0.300. The van der Waals surface area contributed by atoms with Gasteiger partial charge < -0.3 is 19.9 Å². The average molecular weight is 357 g/mol. The highest BCUT2D eigenvalue weighted by Gasteiger charge is 2.15. The SMILES string of the molecule is COc1ccc(OC(C)C(=O)Nc2ccc(CC(C)C(=O)O)cc2)cc1. The molecule has 0 aromatic heterocycles. The van der Waals surface area contributed by atoms with Crippen LogP contribution in [0, 0.1) is 5.92 Å². The number of hydrogen-bond acceptors (Lipinski definition) is 4. The molecule has 6 heteroatoms. The number of hydrogen-bond donors (Lipinski definition) is 2. The fourth-order valence-corrected chi connectivity index (χ4v) is 2.32. The van der Waals surface area contributed by atoms with E-state index in [2.05, 4.69) is 5.32 Å². The molecule has 6 nitrogen and oxygen atoms in total. The number of aliphatic carboxylic acids is 1. The second kappa shape index (κ2) is 8.89. The first-order valence-electron chi connectivity index (χ1n) is 8.32. The van der Waals surface area contributed by atoms with Crippen LogP contribution < -0.4 is 14.8 Å². The summed E-state index contributed by atoms with van der Waals surface area (Å²) in [5.41, 5.74) is 1.53. The number of carbonyl (C=O) groups is 2. The lowest BCUT2D eigenvalue weighted by atomic mass is 10.0. The van der Waals surface area contributed by atoms with Crippen molar-refractivity contribution < 1.29 is 24.2 Å². The van der Waals surface area contributed by atoms with Gasteiger partial charge in [0.15, 0.2) is 6.10 Å². The van der Waals surface area contributed by atoms with Crippen LogP contribution in [-0.2, 0) is 16.0 Å². The molecule has 2 atom stereocenters. The van der Waals surface area contributed by atoms with E-state index in [0.29, 0.717) is 23.6 Å². The third-order valence-electron chi connectivity index (χ3n) is 3.93. The monoisotopic (exact) mass is 357 g/mol. The van der Waals surface area contributed by atoms with Crippen LogP contribution in [0.25, 0.3) is 0 Å². The summed E-state index contributed by atoms with van der Waals surface area (Å²) in [5, 5.41) is 11.7. The highest BCUT2D eigenvalue weighted by atomic mass is 16.5. The normalized spacial score (nSPS) is 12.7. The Kier molecular flexibility index (Phi) is 6.60. The third-order valence-corrected chi connectivity index (χ3v) is 3.93. The van der Waals surface area contributed by atoms with E-state index in [1.807, 2.05) is 12.1 Å². The maximum atomic E-state index is 12.3. The van der Waals surface area contributed by atoms with Crippen LogP contribution in [0.2, 0.25) is 0 Å². The Bertz CT molecular complexity index is 740. The molecule has 138 valence electrons. The number of carbonyl (C=O) groups excluding carboxylic acids is 1. The zero-order valence-electron chi connectivity index (χ0n) is 15.1. The van der Waals surface area contributed by atoms with Crippen molar-refractivity contribution in [2.45, 2.75) is 26.4 Å². The average Bonchev–Trinajstić information content (AvgIpc) is 2.63. The Labute approximate surface area is 152 Å². The van der Waals surface area contributed by atoms with Crippen molar-refractivity contribution in [1.29, 1.82) is 0 Å². The summed E-state index contributed by atoms with van der Waals surface area (Å²) in [7, 11) is 1.58. The Morgan fingerprint density at radius 2 is 1.58 bits per heavy atom. The van der Waals surface area contributed by atoms with E-state index in [-0.39, 0.29) is 5.91 Å². The number of benzene rings is 2. The maximum absolute atomic E-state index is 12.3. The maximum Gasteiger partial charge on any atom is 0.306 e. The van der Waals surface area contributed by atoms with Crippen molar-refractivity contribution >= 4 is 17.6 Å². The number of carboxylic acid groups (broad SMARTS) is 1. The smallest absolute Gasteiger partial charge is 0.306 e. The minimum Gasteiger partial charge on any atom is -0.497 e. The number of methoxy groups -OCH3 is 1. The molecule has 0 heterocycles. The largest absolute Gasteiger partial charge is 0.497 e. The van der Waals surface area contributed by atoms with E-state index in [1.165, 1.54) is 0 Å². The molecule has 0 aliphatic carbocycles. The zero-order valence-corrected chi connectivity index (χ0v) is 15.1. The van der Waals surface area contributed by atoms with Gasteiger partial charge in [0.25, 0.3) is 5.91 Å². The Hall–Kier alpha value is -3.02. The van der Waals surface area contributed by atoms with Gasteiger partial charge in [-0.2, -0.15) is 0 Å². The van der Waals surface area contributed by atoms with Crippen LogP contribution in [0.5, 0.6) is 11.5 Å². The number of anilines is 1. The van der Waals surface area contributed by atoms with E-state index < -0.39 is 18.0 Å². The first-order valence-corrected chi connectivity index (χ1v) is 8.32. The van der Waals surface area contributed by atoms with Gasteiger partial charge in [-0.3, -0.25) is 9.59 Å². The fourth-order valence-electron chi connectivity index (χ4n) is 2.32. The van der Waals surface area contributed by atoms with E-state index in [4.69, 9.17) is 14.6 Å². The van der Waals surface area contributed by atoms with Gasteiger partial charge in [-0.25, -0.2) is 0 Å². The van der Waals surface area contributed by atoms with Gasteiger partial charge >= 0.3 is 5.97 Å². The van der Waals surface area contributed by atoms with E-state index in [9.17, 15) is 9.59 Å². The van der Waals surface area contributed by atoms with Crippen molar-refractivity contribution in [3.05, 3.63) is 54.1 Å². The zero-order chi connectivity index (χ0) is 19.1. The summed E-state index contributed by atoms with van der Waals surface area (Å²) >= 11 is 0. The van der Waals surface area contributed by atoms with Crippen molar-refractivity contribution in [2.24, 2.45) is 5.92 Å². The second-order valence-corrected chi connectivity index (χ2v) is 6.07. The van der Waals surface area contributed by atoms with Crippen LogP contribution in [0.15, 0.2) is 48.5 Å². The minimum atomic E-state index is -0.827. The molecule has 2 aromatic carbocycles. The molecule has 0 spiro atoms. The number of nitrogens with one attached hydrogen (secondary N) is 1. The van der Waals surface area contributed by atoms with E-state index in [0.717, 1.165) is 5.56 Å². The molecule has 0 aliphatic heterocycles. The molecule has 0 aliphatic rings. The molecule has 0 saturated carbocycles. The molecule has 0 saturated heterocycles. The lowest BCUT2D eigenvalue weighted by molar-refractivity contribution is -0.141. The van der Waals surface area contributed by atoms with Crippen molar-refractivity contribution in [3.8, 4) is 11.5 Å². The van der Waals surface area contributed by atoms with Crippen LogP contribution >= 0.6 is 0 Å². The first kappa shape index (κ1) is 19.3. The van der Waals surface area contributed by atoms with Crippen LogP contribution in [0.1, 0.15) is 19.4 Å². The van der Waals surface area contributed by atoms with E-state index in [1.54, 1.807) is 57.4 Å².